The Morgan fingerprint density at radius 2 is 1.95 bits per heavy atom. The third kappa shape index (κ3) is 3.97. The highest BCUT2D eigenvalue weighted by Crippen LogP contribution is 2.21. The van der Waals surface area contributed by atoms with Crippen LogP contribution >= 0.6 is 0 Å². The van der Waals surface area contributed by atoms with Crippen LogP contribution in [0.1, 0.15) is 31.2 Å². The average Bonchev–Trinajstić information content (AvgIpc) is 2.62. The molecule has 21 heavy (non-hydrogen) atoms. The van der Waals surface area contributed by atoms with Gasteiger partial charge in [0.2, 0.25) is 11.8 Å². The minimum Gasteiger partial charge on any atom is -0.399 e. The Bertz CT molecular complexity index is 513. The standard InChI is InChI=1S/C16H23N3O2/c1-12(13-4-6-14(17)7-5-13)10-15(20)19-9-3-8-18(2)16(21)11-19/h4-7,12H,3,8-11,17H2,1-2H3. The van der Waals surface area contributed by atoms with Crippen molar-refractivity contribution in [2.75, 3.05) is 32.4 Å². The van der Waals surface area contributed by atoms with Crippen molar-refractivity contribution in [1.29, 1.82) is 0 Å². The minimum atomic E-state index is 0.0148. The lowest BCUT2D eigenvalue weighted by Gasteiger charge is -2.22. The number of carbonyl (C=O) groups excluding carboxylic acids is 2. The maximum Gasteiger partial charge on any atom is 0.241 e. The first-order valence-corrected chi connectivity index (χ1v) is 7.34. The van der Waals surface area contributed by atoms with Crippen LogP contribution in [0.25, 0.3) is 0 Å². The fourth-order valence-corrected chi connectivity index (χ4v) is 2.53. The molecule has 0 bridgehead atoms. The third-order valence-corrected chi connectivity index (χ3v) is 4.01. The predicted octanol–water partition coefficient (Wildman–Crippen LogP) is 1.45. The molecule has 5 nitrogen and oxygen atoms in total. The van der Waals surface area contributed by atoms with E-state index in [9.17, 15) is 9.59 Å². The van der Waals surface area contributed by atoms with Crippen molar-refractivity contribution in [2.45, 2.75) is 25.7 Å². The molecule has 1 atom stereocenters. The van der Waals surface area contributed by atoms with Crippen LogP contribution in [0.3, 0.4) is 0 Å². The summed E-state index contributed by atoms with van der Waals surface area (Å²) in [6, 6.07) is 7.60. The Balaban J connectivity index is 1.97. The first-order chi connectivity index (χ1) is 9.97. The van der Waals surface area contributed by atoms with Crippen molar-refractivity contribution in [1.82, 2.24) is 9.80 Å². The van der Waals surface area contributed by atoms with Crippen molar-refractivity contribution in [3.8, 4) is 0 Å². The number of benzene rings is 1. The van der Waals surface area contributed by atoms with Gasteiger partial charge < -0.3 is 15.5 Å². The van der Waals surface area contributed by atoms with Gasteiger partial charge in [-0.3, -0.25) is 9.59 Å². The van der Waals surface area contributed by atoms with E-state index in [-0.39, 0.29) is 24.3 Å². The van der Waals surface area contributed by atoms with E-state index in [1.165, 1.54) is 0 Å². The molecule has 5 heteroatoms. The van der Waals surface area contributed by atoms with Gasteiger partial charge in [-0.05, 0) is 30.0 Å². The van der Waals surface area contributed by atoms with Crippen LogP contribution in [0.15, 0.2) is 24.3 Å². The Kier molecular flexibility index (Phi) is 4.83. The van der Waals surface area contributed by atoms with Gasteiger partial charge in [-0.2, -0.15) is 0 Å². The number of nitrogens with two attached hydrogens (primary N) is 1. The summed E-state index contributed by atoms with van der Waals surface area (Å²) >= 11 is 0. The summed E-state index contributed by atoms with van der Waals surface area (Å²) in [5.74, 6) is 0.179. The van der Waals surface area contributed by atoms with Gasteiger partial charge in [0.05, 0.1) is 6.54 Å². The number of hydrogen-bond acceptors (Lipinski definition) is 3. The van der Waals surface area contributed by atoms with Gasteiger partial charge in [0.15, 0.2) is 0 Å². The van der Waals surface area contributed by atoms with E-state index in [4.69, 9.17) is 5.73 Å². The smallest absolute Gasteiger partial charge is 0.241 e. The zero-order valence-electron chi connectivity index (χ0n) is 12.7. The number of amides is 2. The zero-order chi connectivity index (χ0) is 15.4. The molecular weight excluding hydrogens is 266 g/mol. The second kappa shape index (κ2) is 6.61. The number of carbonyl (C=O) groups is 2. The van der Waals surface area contributed by atoms with Crippen LogP contribution < -0.4 is 5.73 Å². The van der Waals surface area contributed by atoms with Gasteiger partial charge in [0, 0.05) is 32.2 Å². The van der Waals surface area contributed by atoms with Crippen LogP contribution in [0, 0.1) is 0 Å². The van der Waals surface area contributed by atoms with Gasteiger partial charge >= 0.3 is 0 Å². The zero-order valence-corrected chi connectivity index (χ0v) is 12.7. The number of nitrogens with zero attached hydrogens (tertiary/aromatic N) is 2. The highest BCUT2D eigenvalue weighted by atomic mass is 16.2. The monoisotopic (exact) mass is 289 g/mol. The number of hydrogen-bond donors (Lipinski definition) is 1. The van der Waals surface area contributed by atoms with Crippen LogP contribution in [-0.4, -0.2) is 48.3 Å². The largest absolute Gasteiger partial charge is 0.399 e. The van der Waals surface area contributed by atoms with Crippen molar-refractivity contribution in [3.63, 3.8) is 0 Å². The molecule has 0 spiro atoms. The van der Waals surface area contributed by atoms with Gasteiger partial charge in [-0.15, -0.1) is 0 Å². The third-order valence-electron chi connectivity index (χ3n) is 4.01. The van der Waals surface area contributed by atoms with Crippen molar-refractivity contribution >= 4 is 17.5 Å². The molecule has 1 aromatic carbocycles. The lowest BCUT2D eigenvalue weighted by Crippen LogP contribution is -2.38. The van der Waals surface area contributed by atoms with E-state index in [1.807, 2.05) is 31.2 Å². The Labute approximate surface area is 125 Å². The summed E-state index contributed by atoms with van der Waals surface area (Å²) in [6.07, 6.45) is 1.26. The van der Waals surface area contributed by atoms with E-state index >= 15 is 0 Å². The highest BCUT2D eigenvalue weighted by Gasteiger charge is 2.24. The van der Waals surface area contributed by atoms with Crippen LogP contribution in [0.5, 0.6) is 0 Å². The molecule has 0 saturated carbocycles. The van der Waals surface area contributed by atoms with E-state index < -0.39 is 0 Å². The van der Waals surface area contributed by atoms with E-state index in [0.717, 1.165) is 24.2 Å². The SMILES string of the molecule is CC(CC(=O)N1CCCN(C)C(=O)C1)c1ccc(N)cc1. The Hall–Kier alpha value is -2.04. The number of rotatable bonds is 3. The van der Waals surface area contributed by atoms with Crippen molar-refractivity contribution in [3.05, 3.63) is 29.8 Å². The summed E-state index contributed by atoms with van der Waals surface area (Å²) in [7, 11) is 1.79. The molecule has 1 fully saturated rings. The summed E-state index contributed by atoms with van der Waals surface area (Å²) in [6.45, 7) is 3.60. The Morgan fingerprint density at radius 3 is 2.62 bits per heavy atom. The summed E-state index contributed by atoms with van der Waals surface area (Å²) < 4.78 is 0. The molecule has 1 saturated heterocycles. The number of anilines is 1. The van der Waals surface area contributed by atoms with E-state index in [1.54, 1.807) is 16.8 Å². The van der Waals surface area contributed by atoms with Gasteiger partial charge in [-0.1, -0.05) is 19.1 Å². The fraction of sp³-hybridized carbons (Fsp3) is 0.500. The summed E-state index contributed by atoms with van der Waals surface area (Å²) in [5.41, 5.74) is 7.49. The predicted molar refractivity (Wildman–Crippen MR) is 82.7 cm³/mol. The molecular formula is C16H23N3O2. The quantitative estimate of drug-likeness (QED) is 0.857. The molecule has 2 amide bonds. The molecule has 0 radical (unpaired) electrons. The molecule has 1 aliphatic rings. The lowest BCUT2D eigenvalue weighted by molar-refractivity contribution is -0.138. The van der Waals surface area contributed by atoms with Crippen molar-refractivity contribution in [2.24, 2.45) is 0 Å². The first-order valence-electron chi connectivity index (χ1n) is 7.34. The van der Waals surface area contributed by atoms with E-state index in [0.29, 0.717) is 13.0 Å². The van der Waals surface area contributed by atoms with Crippen molar-refractivity contribution < 1.29 is 9.59 Å². The molecule has 2 N–H and O–H groups in total. The maximum atomic E-state index is 12.4. The van der Waals surface area contributed by atoms with E-state index in [2.05, 4.69) is 0 Å². The topological polar surface area (TPSA) is 66.6 Å². The molecule has 2 rings (SSSR count). The van der Waals surface area contributed by atoms with Gasteiger partial charge in [0.25, 0.3) is 0 Å². The molecule has 0 aliphatic carbocycles. The molecule has 1 unspecified atom stereocenters. The first kappa shape index (κ1) is 15.4. The molecule has 1 aromatic rings. The fourth-order valence-electron chi connectivity index (χ4n) is 2.53. The summed E-state index contributed by atoms with van der Waals surface area (Å²) in [4.78, 5) is 27.6. The van der Waals surface area contributed by atoms with Crippen LogP contribution in [0.2, 0.25) is 0 Å². The lowest BCUT2D eigenvalue weighted by atomic mass is 9.97. The van der Waals surface area contributed by atoms with Gasteiger partial charge in [-0.25, -0.2) is 0 Å². The maximum absolute atomic E-state index is 12.4. The minimum absolute atomic E-state index is 0.0148. The normalized spacial score (nSPS) is 17.5. The van der Waals surface area contributed by atoms with Crippen LogP contribution in [0.4, 0.5) is 5.69 Å². The molecule has 0 aromatic heterocycles. The van der Waals surface area contributed by atoms with Crippen LogP contribution in [-0.2, 0) is 9.59 Å². The average molecular weight is 289 g/mol. The number of nitrogen functional groups attached to an aromatic ring is 1. The summed E-state index contributed by atoms with van der Waals surface area (Å²) in [5, 5.41) is 0. The van der Waals surface area contributed by atoms with Gasteiger partial charge in [0.1, 0.15) is 0 Å². The highest BCUT2D eigenvalue weighted by molar-refractivity contribution is 5.85. The second-order valence-electron chi connectivity index (χ2n) is 5.76. The molecule has 1 aliphatic heterocycles. The molecule has 1 heterocycles. The second-order valence-corrected chi connectivity index (χ2v) is 5.76. The molecule has 114 valence electrons. The Morgan fingerprint density at radius 1 is 1.29 bits per heavy atom. The number of likely N-dealkylation sites (N-methyl/N-ethyl adjacent to an activating group) is 1.